The van der Waals surface area contributed by atoms with Gasteiger partial charge in [-0.2, -0.15) is 5.10 Å². The first-order valence-corrected chi connectivity index (χ1v) is 5.10. The molecule has 1 aliphatic heterocycles. The van der Waals surface area contributed by atoms with E-state index in [4.69, 9.17) is 5.73 Å². The minimum absolute atomic E-state index is 0.0424. The summed E-state index contributed by atoms with van der Waals surface area (Å²) in [6, 6.07) is 0.168. The summed E-state index contributed by atoms with van der Waals surface area (Å²) in [6.45, 7) is 2.67. The summed E-state index contributed by atoms with van der Waals surface area (Å²) in [4.78, 5) is 13.4. The number of carbonyl (C=O) groups is 1. The molecule has 76 valence electrons. The standard InChI is InChI=1S/C8H11BrN4O/c1-4-3-12(2)8(14)6-5(9)7(10)11-13(4)6/h4H,3H2,1-2H3,(H2,10,11). The van der Waals surface area contributed by atoms with Gasteiger partial charge in [-0.3, -0.25) is 9.48 Å². The van der Waals surface area contributed by atoms with Crippen LogP contribution in [0.4, 0.5) is 5.82 Å². The van der Waals surface area contributed by atoms with Crippen LogP contribution in [0.2, 0.25) is 0 Å². The average molecular weight is 259 g/mol. The van der Waals surface area contributed by atoms with Crippen molar-refractivity contribution < 1.29 is 4.79 Å². The summed E-state index contributed by atoms with van der Waals surface area (Å²) >= 11 is 3.28. The van der Waals surface area contributed by atoms with E-state index in [0.29, 0.717) is 22.5 Å². The Labute approximate surface area is 90.0 Å². The van der Waals surface area contributed by atoms with Crippen molar-refractivity contribution in [2.24, 2.45) is 0 Å². The maximum atomic E-state index is 11.8. The molecule has 1 aliphatic rings. The van der Waals surface area contributed by atoms with Gasteiger partial charge in [0.25, 0.3) is 5.91 Å². The van der Waals surface area contributed by atoms with Crippen molar-refractivity contribution in [1.82, 2.24) is 14.7 Å². The fraction of sp³-hybridized carbons (Fsp3) is 0.500. The van der Waals surface area contributed by atoms with Gasteiger partial charge in [0, 0.05) is 13.6 Å². The molecule has 1 aromatic heterocycles. The molecular weight excluding hydrogens is 248 g/mol. The molecule has 6 heteroatoms. The first-order valence-electron chi connectivity index (χ1n) is 4.31. The largest absolute Gasteiger partial charge is 0.381 e. The highest BCUT2D eigenvalue weighted by Gasteiger charge is 2.31. The van der Waals surface area contributed by atoms with E-state index in [9.17, 15) is 4.79 Å². The van der Waals surface area contributed by atoms with Crippen molar-refractivity contribution in [1.29, 1.82) is 0 Å². The molecule has 1 atom stereocenters. The van der Waals surface area contributed by atoms with E-state index in [1.807, 2.05) is 6.92 Å². The molecule has 0 saturated carbocycles. The van der Waals surface area contributed by atoms with Gasteiger partial charge in [-0.05, 0) is 22.9 Å². The second-order valence-electron chi connectivity index (χ2n) is 3.53. The molecule has 0 aromatic carbocycles. The van der Waals surface area contributed by atoms with Gasteiger partial charge in [-0.15, -0.1) is 0 Å². The number of aromatic nitrogens is 2. The van der Waals surface area contributed by atoms with Crippen LogP contribution in [-0.2, 0) is 0 Å². The predicted molar refractivity (Wildman–Crippen MR) is 56.0 cm³/mol. The maximum Gasteiger partial charge on any atom is 0.273 e. The van der Waals surface area contributed by atoms with Crippen molar-refractivity contribution in [3.8, 4) is 0 Å². The lowest BCUT2D eigenvalue weighted by Crippen LogP contribution is -2.39. The van der Waals surface area contributed by atoms with Gasteiger partial charge in [0.2, 0.25) is 0 Å². The Morgan fingerprint density at radius 2 is 2.29 bits per heavy atom. The summed E-state index contributed by atoms with van der Waals surface area (Å²) in [5, 5.41) is 4.12. The molecule has 2 N–H and O–H groups in total. The molecule has 2 rings (SSSR count). The average Bonchev–Trinajstić information content (AvgIpc) is 2.41. The number of carbonyl (C=O) groups excluding carboxylic acids is 1. The van der Waals surface area contributed by atoms with Gasteiger partial charge in [-0.1, -0.05) is 0 Å². The molecule has 1 amide bonds. The number of anilines is 1. The first kappa shape index (κ1) is 9.51. The van der Waals surface area contributed by atoms with Crippen LogP contribution in [0.5, 0.6) is 0 Å². The van der Waals surface area contributed by atoms with E-state index in [2.05, 4.69) is 21.0 Å². The highest BCUT2D eigenvalue weighted by molar-refractivity contribution is 9.10. The molecule has 0 aliphatic carbocycles. The summed E-state index contributed by atoms with van der Waals surface area (Å²) in [5.74, 6) is 0.328. The smallest absolute Gasteiger partial charge is 0.273 e. The number of hydrogen-bond acceptors (Lipinski definition) is 3. The Balaban J connectivity index is 2.62. The van der Waals surface area contributed by atoms with Gasteiger partial charge < -0.3 is 10.6 Å². The number of hydrogen-bond donors (Lipinski definition) is 1. The Kier molecular flexibility index (Phi) is 2.02. The molecular formula is C8H11BrN4O. The van der Waals surface area contributed by atoms with Crippen molar-refractivity contribution >= 4 is 27.7 Å². The highest BCUT2D eigenvalue weighted by atomic mass is 79.9. The number of rotatable bonds is 0. The van der Waals surface area contributed by atoms with Crippen molar-refractivity contribution in [2.45, 2.75) is 13.0 Å². The fourth-order valence-corrected chi connectivity index (χ4v) is 2.11. The fourth-order valence-electron chi connectivity index (χ4n) is 1.68. The lowest BCUT2D eigenvalue weighted by atomic mass is 10.2. The number of halogens is 1. The Morgan fingerprint density at radius 3 is 2.93 bits per heavy atom. The Hall–Kier alpha value is -1.04. The van der Waals surface area contributed by atoms with Crippen LogP contribution < -0.4 is 5.73 Å². The summed E-state index contributed by atoms with van der Waals surface area (Å²) in [6.07, 6.45) is 0. The van der Waals surface area contributed by atoms with Crippen molar-refractivity contribution in [3.63, 3.8) is 0 Å². The van der Waals surface area contributed by atoms with Gasteiger partial charge >= 0.3 is 0 Å². The number of nitrogens with two attached hydrogens (primary N) is 1. The minimum atomic E-state index is -0.0424. The van der Waals surface area contributed by atoms with E-state index in [0.717, 1.165) is 0 Å². The van der Waals surface area contributed by atoms with Gasteiger partial charge in [0.05, 0.1) is 10.5 Å². The lowest BCUT2D eigenvalue weighted by molar-refractivity contribution is 0.0714. The van der Waals surface area contributed by atoms with Crippen LogP contribution in [-0.4, -0.2) is 34.2 Å². The van der Waals surface area contributed by atoms with E-state index in [1.54, 1.807) is 16.6 Å². The van der Waals surface area contributed by atoms with E-state index in [-0.39, 0.29) is 11.9 Å². The molecule has 0 radical (unpaired) electrons. The third kappa shape index (κ3) is 1.13. The quantitative estimate of drug-likeness (QED) is 0.752. The summed E-state index contributed by atoms with van der Waals surface area (Å²) < 4.78 is 2.28. The molecule has 0 spiro atoms. The lowest BCUT2D eigenvalue weighted by Gasteiger charge is -2.28. The monoisotopic (exact) mass is 258 g/mol. The number of amides is 1. The van der Waals surface area contributed by atoms with Gasteiger partial charge in [0.15, 0.2) is 5.82 Å². The second-order valence-corrected chi connectivity index (χ2v) is 4.32. The summed E-state index contributed by atoms with van der Waals surface area (Å²) in [7, 11) is 1.78. The minimum Gasteiger partial charge on any atom is -0.381 e. The highest BCUT2D eigenvalue weighted by Crippen LogP contribution is 2.30. The van der Waals surface area contributed by atoms with Crippen LogP contribution in [0.3, 0.4) is 0 Å². The number of nitrogen functional groups attached to an aromatic ring is 1. The van der Waals surface area contributed by atoms with Crippen LogP contribution >= 0.6 is 15.9 Å². The molecule has 0 saturated heterocycles. The predicted octanol–water partition coefficient (Wildman–Crippen LogP) is 0.874. The van der Waals surface area contributed by atoms with Gasteiger partial charge in [-0.25, -0.2) is 0 Å². The second kappa shape index (κ2) is 2.98. The van der Waals surface area contributed by atoms with Crippen LogP contribution in [0.1, 0.15) is 23.5 Å². The third-order valence-electron chi connectivity index (χ3n) is 2.38. The normalized spacial score (nSPS) is 21.2. The van der Waals surface area contributed by atoms with E-state index in [1.165, 1.54) is 0 Å². The van der Waals surface area contributed by atoms with Crippen LogP contribution in [0.15, 0.2) is 4.47 Å². The molecule has 0 bridgehead atoms. The van der Waals surface area contributed by atoms with Crippen LogP contribution in [0, 0.1) is 0 Å². The SMILES string of the molecule is CC1CN(C)C(=O)c2c(Br)c(N)nn21. The zero-order chi connectivity index (χ0) is 10.5. The number of likely N-dealkylation sites (N-methyl/N-ethyl adjacent to an activating group) is 1. The first-order chi connectivity index (χ1) is 6.52. The molecule has 1 unspecified atom stereocenters. The van der Waals surface area contributed by atoms with E-state index >= 15 is 0 Å². The molecule has 0 fully saturated rings. The van der Waals surface area contributed by atoms with E-state index < -0.39 is 0 Å². The van der Waals surface area contributed by atoms with Gasteiger partial charge in [0.1, 0.15) is 5.69 Å². The number of nitrogens with zero attached hydrogens (tertiary/aromatic N) is 3. The Morgan fingerprint density at radius 1 is 1.64 bits per heavy atom. The molecule has 5 nitrogen and oxygen atoms in total. The molecule has 14 heavy (non-hydrogen) atoms. The number of fused-ring (bicyclic) bond motifs is 1. The third-order valence-corrected chi connectivity index (χ3v) is 3.16. The maximum absolute atomic E-state index is 11.8. The zero-order valence-electron chi connectivity index (χ0n) is 7.99. The zero-order valence-corrected chi connectivity index (χ0v) is 9.58. The van der Waals surface area contributed by atoms with Crippen molar-refractivity contribution in [3.05, 3.63) is 10.2 Å². The topological polar surface area (TPSA) is 64.2 Å². The Bertz CT molecular complexity index is 400. The molecule has 1 aromatic rings. The van der Waals surface area contributed by atoms with Crippen molar-refractivity contribution in [2.75, 3.05) is 19.3 Å². The van der Waals surface area contributed by atoms with Crippen LogP contribution in [0.25, 0.3) is 0 Å². The summed E-state index contributed by atoms with van der Waals surface area (Å²) in [5.41, 5.74) is 6.19. The molecule has 2 heterocycles.